The van der Waals surface area contributed by atoms with Crippen LogP contribution in [0.25, 0.3) is 0 Å². The number of nitrogens with two attached hydrogens (primary N) is 1. The van der Waals surface area contributed by atoms with Gasteiger partial charge in [-0.25, -0.2) is 4.68 Å². The maximum Gasteiger partial charge on any atom is 0.121 e. The van der Waals surface area contributed by atoms with Gasteiger partial charge in [-0.2, -0.15) is 5.10 Å². The summed E-state index contributed by atoms with van der Waals surface area (Å²) in [7, 11) is 0. The molecule has 2 rings (SSSR count). The summed E-state index contributed by atoms with van der Waals surface area (Å²) < 4.78 is 2.03. The average molecular weight is 207 g/mol. The summed E-state index contributed by atoms with van der Waals surface area (Å²) in [6.07, 6.45) is 7.03. The van der Waals surface area contributed by atoms with Crippen molar-refractivity contribution in [2.75, 3.05) is 5.73 Å². The molecule has 3 nitrogen and oxygen atoms in total. The molecule has 2 N–H and O–H groups in total. The van der Waals surface area contributed by atoms with Gasteiger partial charge in [-0.05, 0) is 30.7 Å². The van der Waals surface area contributed by atoms with Crippen LogP contribution >= 0.6 is 0 Å². The highest BCUT2D eigenvalue weighted by Gasteiger charge is 2.29. The quantitative estimate of drug-likeness (QED) is 0.810. The molecule has 1 aliphatic rings. The zero-order valence-electron chi connectivity index (χ0n) is 9.69. The first kappa shape index (κ1) is 10.5. The van der Waals surface area contributed by atoms with Crippen molar-refractivity contribution in [1.82, 2.24) is 9.78 Å². The van der Waals surface area contributed by atoms with Crippen LogP contribution in [-0.4, -0.2) is 9.78 Å². The standard InChI is InChI=1S/C12H21N3/c1-9(2)10-5-3-4-6-11(10)15-12(13)7-8-14-15/h7-11H,3-6,13H2,1-2H3. The fourth-order valence-electron chi connectivity index (χ4n) is 2.82. The molecule has 1 aromatic heterocycles. The Hall–Kier alpha value is -0.990. The van der Waals surface area contributed by atoms with Crippen LogP contribution < -0.4 is 5.73 Å². The Morgan fingerprint density at radius 1 is 1.40 bits per heavy atom. The molecule has 1 aliphatic carbocycles. The number of anilines is 1. The van der Waals surface area contributed by atoms with Gasteiger partial charge < -0.3 is 5.73 Å². The highest BCUT2D eigenvalue weighted by Crippen LogP contribution is 2.38. The Bertz CT molecular complexity index is 316. The fourth-order valence-corrected chi connectivity index (χ4v) is 2.82. The van der Waals surface area contributed by atoms with Gasteiger partial charge in [-0.1, -0.05) is 26.7 Å². The first-order valence-corrected chi connectivity index (χ1v) is 5.99. The molecule has 3 heteroatoms. The SMILES string of the molecule is CC(C)C1CCCCC1n1nccc1N. The van der Waals surface area contributed by atoms with Gasteiger partial charge in [-0.3, -0.25) is 0 Å². The van der Waals surface area contributed by atoms with Crippen LogP contribution in [0.1, 0.15) is 45.6 Å². The van der Waals surface area contributed by atoms with E-state index in [1.54, 1.807) is 6.20 Å². The number of rotatable bonds is 2. The second kappa shape index (κ2) is 4.25. The third-order valence-electron chi connectivity index (χ3n) is 3.65. The molecule has 1 fully saturated rings. The van der Waals surface area contributed by atoms with Crippen molar-refractivity contribution in [3.8, 4) is 0 Å². The Kier molecular flexibility index (Phi) is 2.98. The Morgan fingerprint density at radius 3 is 2.73 bits per heavy atom. The van der Waals surface area contributed by atoms with Crippen LogP contribution in [0.15, 0.2) is 12.3 Å². The molecule has 0 aromatic carbocycles. The molecular weight excluding hydrogens is 186 g/mol. The van der Waals surface area contributed by atoms with E-state index < -0.39 is 0 Å². The van der Waals surface area contributed by atoms with E-state index in [2.05, 4.69) is 18.9 Å². The molecule has 15 heavy (non-hydrogen) atoms. The summed E-state index contributed by atoms with van der Waals surface area (Å²) in [6.45, 7) is 4.62. The predicted molar refractivity (Wildman–Crippen MR) is 62.5 cm³/mol. The van der Waals surface area contributed by atoms with Gasteiger partial charge in [0.15, 0.2) is 0 Å². The molecular formula is C12H21N3. The highest BCUT2D eigenvalue weighted by molar-refractivity contribution is 5.26. The molecule has 2 unspecified atom stereocenters. The minimum Gasteiger partial charge on any atom is -0.384 e. The maximum atomic E-state index is 5.93. The van der Waals surface area contributed by atoms with E-state index in [-0.39, 0.29) is 0 Å². The van der Waals surface area contributed by atoms with Crippen LogP contribution in [0.2, 0.25) is 0 Å². The van der Waals surface area contributed by atoms with Crippen molar-refractivity contribution < 1.29 is 0 Å². The fraction of sp³-hybridized carbons (Fsp3) is 0.750. The van der Waals surface area contributed by atoms with Gasteiger partial charge in [0.1, 0.15) is 5.82 Å². The summed E-state index contributed by atoms with van der Waals surface area (Å²) >= 11 is 0. The summed E-state index contributed by atoms with van der Waals surface area (Å²) in [5, 5.41) is 4.36. The maximum absolute atomic E-state index is 5.93. The number of hydrogen-bond donors (Lipinski definition) is 1. The molecule has 84 valence electrons. The lowest BCUT2D eigenvalue weighted by Crippen LogP contribution is -2.28. The number of hydrogen-bond acceptors (Lipinski definition) is 2. The monoisotopic (exact) mass is 207 g/mol. The smallest absolute Gasteiger partial charge is 0.121 e. The van der Waals surface area contributed by atoms with E-state index in [1.807, 2.05) is 10.7 Å². The third-order valence-corrected chi connectivity index (χ3v) is 3.65. The van der Waals surface area contributed by atoms with E-state index in [1.165, 1.54) is 25.7 Å². The number of nitrogens with zero attached hydrogens (tertiary/aromatic N) is 2. The van der Waals surface area contributed by atoms with Gasteiger partial charge in [0.2, 0.25) is 0 Å². The molecule has 0 saturated heterocycles. The van der Waals surface area contributed by atoms with Gasteiger partial charge in [-0.15, -0.1) is 0 Å². The van der Waals surface area contributed by atoms with E-state index >= 15 is 0 Å². The highest BCUT2D eigenvalue weighted by atomic mass is 15.3. The second-order valence-electron chi connectivity index (χ2n) is 4.96. The third kappa shape index (κ3) is 2.01. The van der Waals surface area contributed by atoms with Crippen LogP contribution in [0.4, 0.5) is 5.82 Å². The first-order chi connectivity index (χ1) is 7.20. The predicted octanol–water partition coefficient (Wildman–Crippen LogP) is 2.85. The largest absolute Gasteiger partial charge is 0.384 e. The molecule has 1 saturated carbocycles. The van der Waals surface area contributed by atoms with Gasteiger partial charge in [0, 0.05) is 0 Å². The van der Waals surface area contributed by atoms with Crippen LogP contribution in [-0.2, 0) is 0 Å². The van der Waals surface area contributed by atoms with Crippen molar-refractivity contribution in [1.29, 1.82) is 0 Å². The van der Waals surface area contributed by atoms with Crippen molar-refractivity contribution >= 4 is 5.82 Å². The second-order valence-corrected chi connectivity index (χ2v) is 4.96. The molecule has 0 aliphatic heterocycles. The summed E-state index contributed by atoms with van der Waals surface area (Å²) in [4.78, 5) is 0. The van der Waals surface area contributed by atoms with Crippen molar-refractivity contribution in [2.24, 2.45) is 11.8 Å². The summed E-state index contributed by atoms with van der Waals surface area (Å²) in [5.41, 5.74) is 5.93. The zero-order chi connectivity index (χ0) is 10.8. The van der Waals surface area contributed by atoms with Crippen molar-refractivity contribution in [3.63, 3.8) is 0 Å². The lowest BCUT2D eigenvalue weighted by atomic mass is 9.78. The Balaban J connectivity index is 2.21. The van der Waals surface area contributed by atoms with Crippen LogP contribution in [0.5, 0.6) is 0 Å². The van der Waals surface area contributed by atoms with E-state index in [0.717, 1.165) is 17.7 Å². The van der Waals surface area contributed by atoms with Crippen molar-refractivity contribution in [3.05, 3.63) is 12.3 Å². The molecule has 1 aromatic rings. The Morgan fingerprint density at radius 2 is 2.13 bits per heavy atom. The molecule has 0 radical (unpaired) electrons. The minimum absolute atomic E-state index is 0.522. The van der Waals surface area contributed by atoms with Crippen LogP contribution in [0.3, 0.4) is 0 Å². The number of aromatic nitrogens is 2. The van der Waals surface area contributed by atoms with Gasteiger partial charge in [0.05, 0.1) is 12.2 Å². The molecule has 0 amide bonds. The van der Waals surface area contributed by atoms with E-state index in [0.29, 0.717) is 6.04 Å². The molecule has 0 bridgehead atoms. The lowest BCUT2D eigenvalue weighted by molar-refractivity contribution is 0.174. The van der Waals surface area contributed by atoms with Gasteiger partial charge in [0.25, 0.3) is 0 Å². The number of nitrogen functional groups attached to an aromatic ring is 1. The molecule has 0 spiro atoms. The zero-order valence-corrected chi connectivity index (χ0v) is 9.69. The van der Waals surface area contributed by atoms with Crippen molar-refractivity contribution in [2.45, 2.75) is 45.6 Å². The van der Waals surface area contributed by atoms with E-state index in [4.69, 9.17) is 5.73 Å². The minimum atomic E-state index is 0.522. The first-order valence-electron chi connectivity index (χ1n) is 5.99. The summed E-state index contributed by atoms with van der Waals surface area (Å²) in [5.74, 6) is 2.27. The molecule has 2 atom stereocenters. The van der Waals surface area contributed by atoms with Gasteiger partial charge >= 0.3 is 0 Å². The van der Waals surface area contributed by atoms with E-state index in [9.17, 15) is 0 Å². The average Bonchev–Trinajstić information content (AvgIpc) is 2.64. The lowest BCUT2D eigenvalue weighted by Gasteiger charge is -2.34. The summed E-state index contributed by atoms with van der Waals surface area (Å²) in [6, 6.07) is 2.42. The normalized spacial score (nSPS) is 27.1. The van der Waals surface area contributed by atoms with Crippen LogP contribution in [0, 0.1) is 11.8 Å². The topological polar surface area (TPSA) is 43.8 Å². The Labute approximate surface area is 91.7 Å². The molecule has 1 heterocycles.